The number of ketones is 1. The van der Waals surface area contributed by atoms with Crippen LogP contribution in [0.4, 0.5) is 0 Å². The standard InChI is InChI=1S/C23H30O5/c1-11(2)8-16(25)17-19(27)14(10-24)18(26)13-9-12-6-7-15-21(22(15,3)4)23(12,5)28-20(13)17/h10-12,15,21,26-27H,6-9H2,1-5H3/t12-,15+,21-,23+/m1/s1. The highest BCUT2D eigenvalue weighted by Crippen LogP contribution is 2.71. The molecule has 1 aliphatic heterocycles. The topological polar surface area (TPSA) is 83.8 Å². The van der Waals surface area contributed by atoms with Crippen LogP contribution in [0.3, 0.4) is 0 Å². The molecule has 0 aromatic heterocycles. The predicted molar refractivity (Wildman–Crippen MR) is 105 cm³/mol. The van der Waals surface area contributed by atoms with E-state index in [1.54, 1.807) is 0 Å². The van der Waals surface area contributed by atoms with Crippen LogP contribution >= 0.6 is 0 Å². The highest BCUT2D eigenvalue weighted by Gasteiger charge is 2.71. The summed E-state index contributed by atoms with van der Waals surface area (Å²) in [6, 6.07) is 0. The van der Waals surface area contributed by atoms with Crippen molar-refractivity contribution in [2.45, 2.75) is 65.9 Å². The average molecular weight is 386 g/mol. The van der Waals surface area contributed by atoms with Crippen LogP contribution in [0.2, 0.25) is 0 Å². The summed E-state index contributed by atoms with van der Waals surface area (Å²) >= 11 is 0. The molecular weight excluding hydrogens is 356 g/mol. The highest BCUT2D eigenvalue weighted by molar-refractivity contribution is 6.05. The second-order valence-electron chi connectivity index (χ2n) is 10.1. The van der Waals surface area contributed by atoms with Gasteiger partial charge in [0, 0.05) is 23.8 Å². The molecule has 0 bridgehead atoms. The fraction of sp³-hybridized carbons (Fsp3) is 0.652. The summed E-state index contributed by atoms with van der Waals surface area (Å²) < 4.78 is 6.55. The van der Waals surface area contributed by atoms with E-state index in [1.165, 1.54) is 0 Å². The number of aromatic hydroxyl groups is 2. The summed E-state index contributed by atoms with van der Waals surface area (Å²) in [5.41, 5.74) is 0.0952. The maximum Gasteiger partial charge on any atom is 0.170 e. The van der Waals surface area contributed by atoms with E-state index in [0.717, 1.165) is 12.8 Å². The molecule has 152 valence electrons. The number of hydrogen-bond acceptors (Lipinski definition) is 5. The maximum absolute atomic E-state index is 13.0. The molecule has 1 aromatic rings. The summed E-state index contributed by atoms with van der Waals surface area (Å²) in [5.74, 6) is 0.626. The van der Waals surface area contributed by atoms with Gasteiger partial charge in [-0.3, -0.25) is 9.59 Å². The number of phenolic OH excluding ortho intramolecular Hbond substituents is 2. The molecular formula is C23H30O5. The second-order valence-corrected chi connectivity index (χ2v) is 10.1. The Morgan fingerprint density at radius 1 is 1.21 bits per heavy atom. The molecule has 4 atom stereocenters. The smallest absolute Gasteiger partial charge is 0.170 e. The normalized spacial score (nSPS) is 32.0. The van der Waals surface area contributed by atoms with Gasteiger partial charge in [-0.1, -0.05) is 27.7 Å². The molecule has 3 aliphatic rings. The number of Topliss-reactive ketones (excluding diaryl/α,β-unsaturated/α-hetero) is 1. The monoisotopic (exact) mass is 386 g/mol. The van der Waals surface area contributed by atoms with Crippen LogP contribution in [0, 0.1) is 29.1 Å². The van der Waals surface area contributed by atoms with Gasteiger partial charge >= 0.3 is 0 Å². The van der Waals surface area contributed by atoms with E-state index >= 15 is 0 Å². The largest absolute Gasteiger partial charge is 0.507 e. The number of carbonyl (C=O) groups excluding carboxylic acids is 2. The first kappa shape index (κ1) is 19.3. The number of carbonyl (C=O) groups is 2. The Bertz CT molecular complexity index is 868. The Balaban J connectivity index is 1.88. The zero-order valence-electron chi connectivity index (χ0n) is 17.3. The molecule has 0 unspecified atom stereocenters. The van der Waals surface area contributed by atoms with Gasteiger partial charge in [0.25, 0.3) is 0 Å². The Morgan fingerprint density at radius 3 is 2.50 bits per heavy atom. The van der Waals surface area contributed by atoms with Crippen molar-refractivity contribution < 1.29 is 24.5 Å². The molecule has 2 saturated carbocycles. The summed E-state index contributed by atoms with van der Waals surface area (Å²) in [6.07, 6.45) is 3.34. The van der Waals surface area contributed by atoms with Crippen molar-refractivity contribution >= 4 is 12.1 Å². The van der Waals surface area contributed by atoms with Crippen LogP contribution in [0.1, 0.15) is 80.2 Å². The number of rotatable bonds is 4. The minimum absolute atomic E-state index is 0.0591. The summed E-state index contributed by atoms with van der Waals surface area (Å²) in [5, 5.41) is 21.4. The number of hydrogen-bond donors (Lipinski definition) is 2. The van der Waals surface area contributed by atoms with E-state index in [1.807, 2.05) is 13.8 Å². The minimum atomic E-state index is -0.457. The van der Waals surface area contributed by atoms with Gasteiger partial charge in [0.15, 0.2) is 12.1 Å². The molecule has 2 N–H and O–H groups in total. The third-order valence-corrected chi connectivity index (χ3v) is 7.60. The number of phenols is 2. The zero-order chi connectivity index (χ0) is 20.6. The molecule has 0 spiro atoms. The SMILES string of the molecule is CC(C)CC(=O)c1c(O)c(C=O)c(O)c2c1O[C@@]1(C)[C@H](CC[C@H]3[C@@H]1C3(C)C)C2. The first-order chi connectivity index (χ1) is 13.0. The predicted octanol–water partition coefficient (Wildman–Crippen LogP) is 4.51. The molecule has 1 aromatic carbocycles. The van der Waals surface area contributed by atoms with E-state index < -0.39 is 11.4 Å². The lowest BCUT2D eigenvalue weighted by Crippen LogP contribution is -2.50. The highest BCUT2D eigenvalue weighted by atomic mass is 16.5. The average Bonchev–Trinajstić information content (AvgIpc) is 3.16. The summed E-state index contributed by atoms with van der Waals surface area (Å²) in [7, 11) is 0. The maximum atomic E-state index is 13.0. The first-order valence-electron chi connectivity index (χ1n) is 10.3. The molecule has 0 amide bonds. The van der Waals surface area contributed by atoms with Crippen LogP contribution in [-0.2, 0) is 6.42 Å². The van der Waals surface area contributed by atoms with Crippen molar-refractivity contribution in [3.63, 3.8) is 0 Å². The Kier molecular flexibility index (Phi) is 4.12. The van der Waals surface area contributed by atoms with Crippen LogP contribution in [0.15, 0.2) is 0 Å². The van der Waals surface area contributed by atoms with Gasteiger partial charge in [-0.15, -0.1) is 0 Å². The van der Waals surface area contributed by atoms with Gasteiger partial charge in [-0.05, 0) is 43.4 Å². The Morgan fingerprint density at radius 2 is 1.89 bits per heavy atom. The summed E-state index contributed by atoms with van der Waals surface area (Å²) in [4.78, 5) is 24.5. The second kappa shape index (κ2) is 5.98. The van der Waals surface area contributed by atoms with Gasteiger partial charge in [0.2, 0.25) is 0 Å². The number of benzene rings is 1. The van der Waals surface area contributed by atoms with E-state index in [2.05, 4.69) is 20.8 Å². The van der Waals surface area contributed by atoms with Gasteiger partial charge in [0.1, 0.15) is 28.4 Å². The quantitative estimate of drug-likeness (QED) is 0.587. The van der Waals surface area contributed by atoms with Gasteiger partial charge < -0.3 is 14.9 Å². The molecule has 1 heterocycles. The molecule has 2 aliphatic carbocycles. The summed E-state index contributed by atoms with van der Waals surface area (Å²) in [6.45, 7) is 10.5. The van der Waals surface area contributed by atoms with Crippen molar-refractivity contribution in [2.75, 3.05) is 0 Å². The van der Waals surface area contributed by atoms with Gasteiger partial charge in [-0.2, -0.15) is 0 Å². The van der Waals surface area contributed by atoms with Crippen molar-refractivity contribution in [1.82, 2.24) is 0 Å². The van der Waals surface area contributed by atoms with Crippen LogP contribution in [-0.4, -0.2) is 27.9 Å². The van der Waals surface area contributed by atoms with Crippen molar-refractivity contribution in [3.05, 3.63) is 16.7 Å². The van der Waals surface area contributed by atoms with Gasteiger partial charge in [-0.25, -0.2) is 0 Å². The van der Waals surface area contributed by atoms with E-state index in [0.29, 0.717) is 30.1 Å². The van der Waals surface area contributed by atoms with Crippen LogP contribution < -0.4 is 4.74 Å². The molecule has 2 fully saturated rings. The number of ether oxygens (including phenoxy) is 1. The molecule has 28 heavy (non-hydrogen) atoms. The Labute approximate surface area is 166 Å². The zero-order valence-corrected chi connectivity index (χ0v) is 17.3. The van der Waals surface area contributed by atoms with Crippen molar-refractivity contribution in [3.8, 4) is 17.2 Å². The first-order valence-corrected chi connectivity index (χ1v) is 10.3. The molecule has 5 nitrogen and oxygen atoms in total. The fourth-order valence-electron chi connectivity index (χ4n) is 6.18. The van der Waals surface area contributed by atoms with Gasteiger partial charge in [0.05, 0.1) is 5.56 Å². The number of aldehydes is 1. The Hall–Kier alpha value is -2.04. The minimum Gasteiger partial charge on any atom is -0.507 e. The molecule has 5 heteroatoms. The fourth-order valence-corrected chi connectivity index (χ4v) is 6.18. The van der Waals surface area contributed by atoms with Crippen LogP contribution in [0.5, 0.6) is 17.2 Å². The van der Waals surface area contributed by atoms with E-state index in [9.17, 15) is 19.8 Å². The molecule has 4 rings (SSSR count). The van der Waals surface area contributed by atoms with Crippen molar-refractivity contribution in [1.29, 1.82) is 0 Å². The van der Waals surface area contributed by atoms with Crippen molar-refractivity contribution in [2.24, 2.45) is 29.1 Å². The van der Waals surface area contributed by atoms with E-state index in [4.69, 9.17) is 4.74 Å². The lowest BCUT2D eigenvalue weighted by atomic mass is 9.70. The van der Waals surface area contributed by atoms with Crippen LogP contribution in [0.25, 0.3) is 0 Å². The lowest BCUT2D eigenvalue weighted by molar-refractivity contribution is -0.0403. The third-order valence-electron chi connectivity index (χ3n) is 7.60. The lowest BCUT2D eigenvalue weighted by Gasteiger charge is -2.46. The third kappa shape index (κ3) is 2.44. The molecule has 0 radical (unpaired) electrons. The number of fused-ring (bicyclic) bond motifs is 4. The van der Waals surface area contributed by atoms with E-state index in [-0.39, 0.29) is 52.1 Å². The molecule has 0 saturated heterocycles.